The van der Waals surface area contributed by atoms with Crippen molar-refractivity contribution in [3.05, 3.63) is 45.5 Å². The fourth-order valence-electron chi connectivity index (χ4n) is 2.77. The molecule has 3 aromatic rings. The van der Waals surface area contributed by atoms with Crippen molar-refractivity contribution in [2.75, 3.05) is 0 Å². The van der Waals surface area contributed by atoms with Crippen molar-refractivity contribution in [1.29, 1.82) is 0 Å². The maximum absolute atomic E-state index is 5.01. The molecule has 0 radical (unpaired) electrons. The molecule has 2 heterocycles. The average Bonchev–Trinajstić information content (AvgIpc) is 2.96. The van der Waals surface area contributed by atoms with Crippen LogP contribution in [0.25, 0.3) is 17.1 Å². The Balaban J connectivity index is 2.18. The van der Waals surface area contributed by atoms with Gasteiger partial charge in [0, 0.05) is 0 Å². The molecule has 0 aliphatic heterocycles. The van der Waals surface area contributed by atoms with E-state index in [1.807, 2.05) is 17.8 Å². The Labute approximate surface area is 128 Å². The number of hydrogen-bond donors (Lipinski definition) is 2. The molecule has 2 aromatic heterocycles. The largest absolute Gasteiger partial charge is 0.282 e. The van der Waals surface area contributed by atoms with Crippen molar-refractivity contribution in [1.82, 2.24) is 25.0 Å². The van der Waals surface area contributed by atoms with Crippen LogP contribution in [0.3, 0.4) is 0 Å². The highest BCUT2D eigenvalue weighted by Crippen LogP contribution is 2.26. The van der Waals surface area contributed by atoms with Crippen molar-refractivity contribution >= 4 is 12.2 Å². The summed E-state index contributed by atoms with van der Waals surface area (Å²) in [6.07, 6.45) is 1.81. The van der Waals surface area contributed by atoms with E-state index < -0.39 is 0 Å². The molecule has 108 valence electrons. The quantitative estimate of drug-likeness (QED) is 0.711. The first-order chi connectivity index (χ1) is 9.97. The van der Waals surface area contributed by atoms with E-state index in [1.54, 1.807) is 0 Å². The van der Waals surface area contributed by atoms with Crippen LogP contribution in [0.2, 0.25) is 0 Å². The number of benzene rings is 1. The summed E-state index contributed by atoms with van der Waals surface area (Å²) >= 11 is 5.01. The van der Waals surface area contributed by atoms with Crippen LogP contribution in [0.15, 0.2) is 18.3 Å². The van der Waals surface area contributed by atoms with Gasteiger partial charge >= 0.3 is 0 Å². The lowest BCUT2D eigenvalue weighted by atomic mass is 10.0. The predicted molar refractivity (Wildman–Crippen MR) is 85.3 cm³/mol. The number of aromatic amines is 2. The normalized spacial score (nSPS) is 11.0. The molecule has 0 atom stereocenters. The van der Waals surface area contributed by atoms with Crippen molar-refractivity contribution in [2.45, 2.75) is 27.7 Å². The zero-order chi connectivity index (χ0) is 15.1. The smallest absolute Gasteiger partial charge is 0.213 e. The Morgan fingerprint density at radius 3 is 2.29 bits per heavy atom. The van der Waals surface area contributed by atoms with Gasteiger partial charge < -0.3 is 0 Å². The first-order valence-corrected chi connectivity index (χ1v) is 7.16. The molecule has 0 aliphatic rings. The number of hydrogen-bond acceptors (Lipinski definition) is 3. The average molecular weight is 299 g/mol. The highest BCUT2D eigenvalue weighted by atomic mass is 32.1. The lowest BCUT2D eigenvalue weighted by Gasteiger charge is -2.13. The van der Waals surface area contributed by atoms with E-state index in [9.17, 15) is 0 Å². The van der Waals surface area contributed by atoms with Gasteiger partial charge in [0.15, 0.2) is 5.82 Å². The molecule has 0 aliphatic carbocycles. The van der Waals surface area contributed by atoms with Crippen LogP contribution in [0, 0.1) is 32.5 Å². The Morgan fingerprint density at radius 1 is 1.05 bits per heavy atom. The van der Waals surface area contributed by atoms with Crippen LogP contribution < -0.4 is 0 Å². The van der Waals surface area contributed by atoms with Gasteiger partial charge in [0.25, 0.3) is 0 Å². The van der Waals surface area contributed by atoms with Crippen molar-refractivity contribution in [3.63, 3.8) is 0 Å². The van der Waals surface area contributed by atoms with Crippen LogP contribution in [0.4, 0.5) is 0 Å². The Morgan fingerprint density at radius 2 is 1.71 bits per heavy atom. The van der Waals surface area contributed by atoms with E-state index in [0.717, 1.165) is 16.9 Å². The first-order valence-electron chi connectivity index (χ1n) is 6.75. The van der Waals surface area contributed by atoms with Crippen molar-refractivity contribution < 1.29 is 0 Å². The molecular formula is C15H17N5S. The molecule has 0 spiro atoms. The lowest BCUT2D eigenvalue weighted by molar-refractivity contribution is 0.832. The summed E-state index contributed by atoms with van der Waals surface area (Å²) in [5, 5.41) is 10.3. The van der Waals surface area contributed by atoms with Gasteiger partial charge in [-0.3, -0.25) is 10.2 Å². The zero-order valence-electron chi connectivity index (χ0n) is 12.5. The molecular weight excluding hydrogens is 282 g/mol. The molecule has 3 rings (SSSR count). The van der Waals surface area contributed by atoms with Gasteiger partial charge in [-0.25, -0.2) is 4.68 Å². The fourth-order valence-corrected chi connectivity index (χ4v) is 2.91. The summed E-state index contributed by atoms with van der Waals surface area (Å²) in [5.41, 5.74) is 6.78. The molecule has 5 nitrogen and oxygen atoms in total. The van der Waals surface area contributed by atoms with Crippen LogP contribution in [-0.4, -0.2) is 25.0 Å². The van der Waals surface area contributed by atoms with E-state index >= 15 is 0 Å². The third kappa shape index (κ3) is 2.31. The van der Waals surface area contributed by atoms with E-state index in [0.29, 0.717) is 10.6 Å². The molecule has 2 N–H and O–H groups in total. The van der Waals surface area contributed by atoms with Gasteiger partial charge in [-0.15, -0.1) is 0 Å². The summed E-state index contributed by atoms with van der Waals surface area (Å²) in [4.78, 5) is 4.26. The Bertz CT molecular complexity index is 845. The van der Waals surface area contributed by atoms with Gasteiger partial charge in [0.2, 0.25) is 4.77 Å². The van der Waals surface area contributed by atoms with Gasteiger partial charge in [0.05, 0.1) is 23.1 Å². The van der Waals surface area contributed by atoms with E-state index in [-0.39, 0.29) is 0 Å². The topological polar surface area (TPSA) is 62.3 Å². The number of nitrogens with zero attached hydrogens (tertiary/aromatic N) is 3. The molecule has 0 fully saturated rings. The number of H-pyrrole nitrogens is 2. The summed E-state index contributed by atoms with van der Waals surface area (Å²) in [6.45, 7) is 8.36. The molecule has 0 saturated heterocycles. The van der Waals surface area contributed by atoms with Gasteiger partial charge in [-0.2, -0.15) is 10.1 Å². The molecule has 0 unspecified atom stereocenters. The second-order valence-corrected chi connectivity index (χ2v) is 5.71. The van der Waals surface area contributed by atoms with E-state index in [1.165, 1.54) is 16.7 Å². The SMILES string of the molecule is Cc1cc(C)c(-n2ncc(-c3nc(=S)[nH][nH]3)c2C)c(C)c1. The maximum atomic E-state index is 5.01. The molecule has 0 saturated carbocycles. The summed E-state index contributed by atoms with van der Waals surface area (Å²) in [5.74, 6) is 0.714. The fraction of sp³-hybridized carbons (Fsp3) is 0.267. The third-order valence-electron chi connectivity index (χ3n) is 3.61. The van der Waals surface area contributed by atoms with Crippen molar-refractivity contribution in [2.24, 2.45) is 0 Å². The number of rotatable bonds is 2. The van der Waals surface area contributed by atoms with Crippen LogP contribution in [0.1, 0.15) is 22.4 Å². The second-order valence-electron chi connectivity index (χ2n) is 5.32. The van der Waals surface area contributed by atoms with Crippen molar-refractivity contribution in [3.8, 4) is 17.1 Å². The lowest BCUT2D eigenvalue weighted by Crippen LogP contribution is -2.04. The minimum absolute atomic E-state index is 0.444. The highest BCUT2D eigenvalue weighted by molar-refractivity contribution is 7.71. The number of aryl methyl sites for hydroxylation is 3. The van der Waals surface area contributed by atoms with Gasteiger partial charge in [-0.05, 0) is 51.0 Å². The number of aromatic nitrogens is 5. The molecule has 6 heteroatoms. The van der Waals surface area contributed by atoms with Gasteiger partial charge in [-0.1, -0.05) is 17.7 Å². The minimum atomic E-state index is 0.444. The first kappa shape index (κ1) is 13.8. The summed E-state index contributed by atoms with van der Waals surface area (Å²) in [7, 11) is 0. The summed E-state index contributed by atoms with van der Waals surface area (Å²) < 4.78 is 2.41. The predicted octanol–water partition coefficient (Wildman–Crippen LogP) is 3.55. The molecule has 0 amide bonds. The maximum Gasteiger partial charge on any atom is 0.213 e. The second kappa shape index (κ2) is 4.96. The van der Waals surface area contributed by atoms with E-state index in [4.69, 9.17) is 12.2 Å². The standard InChI is InChI=1S/C15H17N5S/c1-8-5-9(2)13(10(3)6-8)20-11(4)12(7-16-20)14-17-15(21)19-18-14/h5-7H,1-4H3,(H2,17,18,19,21). The monoisotopic (exact) mass is 299 g/mol. The van der Waals surface area contributed by atoms with Crippen LogP contribution in [0.5, 0.6) is 0 Å². The van der Waals surface area contributed by atoms with E-state index in [2.05, 4.69) is 53.2 Å². The summed E-state index contributed by atoms with van der Waals surface area (Å²) in [6, 6.07) is 4.34. The highest BCUT2D eigenvalue weighted by Gasteiger charge is 2.15. The minimum Gasteiger partial charge on any atom is -0.282 e. The Kier molecular flexibility index (Phi) is 3.25. The third-order valence-corrected chi connectivity index (χ3v) is 3.81. The Hall–Kier alpha value is -2.21. The number of nitrogens with one attached hydrogen (secondary N) is 2. The molecule has 21 heavy (non-hydrogen) atoms. The van der Waals surface area contributed by atoms with Crippen LogP contribution in [-0.2, 0) is 0 Å². The van der Waals surface area contributed by atoms with Gasteiger partial charge in [0.1, 0.15) is 0 Å². The molecule has 1 aromatic carbocycles. The zero-order valence-corrected chi connectivity index (χ0v) is 13.3. The van der Waals surface area contributed by atoms with Crippen LogP contribution >= 0.6 is 12.2 Å². The molecule has 0 bridgehead atoms.